The van der Waals surface area contributed by atoms with E-state index in [2.05, 4.69) is 5.10 Å². The Morgan fingerprint density at radius 1 is 1.03 bits per heavy atom. The number of rotatable bonds is 5. The van der Waals surface area contributed by atoms with E-state index in [1.165, 1.54) is 4.68 Å². The number of sulfonamides is 1. The van der Waals surface area contributed by atoms with Crippen molar-refractivity contribution in [2.45, 2.75) is 0 Å². The number of carbonyl (C=O) groups is 1. The third-order valence-corrected chi connectivity index (χ3v) is 6.22. The highest BCUT2D eigenvalue weighted by Crippen LogP contribution is 2.31. The Balaban J connectivity index is 1.83. The van der Waals surface area contributed by atoms with Gasteiger partial charge in [-0.25, -0.2) is 22.2 Å². The summed E-state index contributed by atoms with van der Waals surface area (Å²) < 4.78 is 40.6. The summed E-state index contributed by atoms with van der Waals surface area (Å²) in [6, 6.07) is 14.4. The number of nitrogens with zero attached hydrogens (tertiary/aromatic N) is 2. The SMILES string of the molecule is CS(=O)(=O)NC(=O)c1cc(Cl)c(-n2nc(C=Cc3ccccc3Cl)c3cc(Cl)ccc32)cc1F. The molecule has 0 atom stereocenters. The molecule has 0 fully saturated rings. The lowest BCUT2D eigenvalue weighted by Crippen LogP contribution is -2.30. The van der Waals surface area contributed by atoms with Gasteiger partial charge in [0, 0.05) is 21.5 Å². The zero-order valence-electron chi connectivity index (χ0n) is 17.4. The van der Waals surface area contributed by atoms with Crippen LogP contribution < -0.4 is 4.72 Å². The quantitative estimate of drug-likeness (QED) is 0.339. The summed E-state index contributed by atoms with van der Waals surface area (Å²) in [5, 5.41) is 6.26. The van der Waals surface area contributed by atoms with Gasteiger partial charge in [0.1, 0.15) is 5.82 Å². The Kier molecular flexibility index (Phi) is 6.69. The summed E-state index contributed by atoms with van der Waals surface area (Å²) in [6.45, 7) is 0. The van der Waals surface area contributed by atoms with Gasteiger partial charge in [0.2, 0.25) is 10.0 Å². The van der Waals surface area contributed by atoms with Crippen LogP contribution in [0.25, 0.3) is 28.7 Å². The van der Waals surface area contributed by atoms with Gasteiger partial charge in [0.25, 0.3) is 5.91 Å². The zero-order valence-corrected chi connectivity index (χ0v) is 20.5. The Hall–Kier alpha value is -2.91. The molecule has 174 valence electrons. The minimum atomic E-state index is -3.88. The van der Waals surface area contributed by atoms with Gasteiger partial charge >= 0.3 is 0 Å². The lowest BCUT2D eigenvalue weighted by Gasteiger charge is -2.10. The topological polar surface area (TPSA) is 81.1 Å². The molecule has 1 heterocycles. The third-order valence-electron chi connectivity index (χ3n) is 4.78. The molecule has 1 aromatic heterocycles. The molecule has 1 amide bonds. The van der Waals surface area contributed by atoms with Gasteiger partial charge in [-0.3, -0.25) is 4.79 Å². The molecule has 4 aromatic rings. The highest BCUT2D eigenvalue weighted by Gasteiger charge is 2.21. The number of fused-ring (bicyclic) bond motifs is 1. The van der Waals surface area contributed by atoms with Gasteiger partial charge in [-0.2, -0.15) is 5.10 Å². The van der Waals surface area contributed by atoms with Crippen molar-refractivity contribution in [1.82, 2.24) is 14.5 Å². The summed E-state index contributed by atoms with van der Waals surface area (Å²) >= 11 is 18.8. The van der Waals surface area contributed by atoms with E-state index < -0.39 is 27.3 Å². The maximum Gasteiger partial charge on any atom is 0.267 e. The predicted octanol–water partition coefficient (Wildman–Crippen LogP) is 5.98. The van der Waals surface area contributed by atoms with Crippen molar-refractivity contribution in [3.63, 3.8) is 0 Å². The van der Waals surface area contributed by atoms with Gasteiger partial charge in [-0.05, 0) is 42.0 Å². The van der Waals surface area contributed by atoms with Gasteiger partial charge in [0.15, 0.2) is 0 Å². The van der Waals surface area contributed by atoms with E-state index in [0.717, 1.165) is 24.0 Å². The first-order valence-corrected chi connectivity index (χ1v) is 12.7. The van der Waals surface area contributed by atoms with E-state index in [9.17, 15) is 17.6 Å². The number of halogens is 4. The second kappa shape index (κ2) is 9.38. The molecule has 0 aliphatic heterocycles. The summed E-state index contributed by atoms with van der Waals surface area (Å²) in [5.74, 6) is -2.10. The Morgan fingerprint density at radius 2 is 1.76 bits per heavy atom. The first-order valence-electron chi connectivity index (χ1n) is 9.66. The molecule has 0 aliphatic rings. The molecule has 0 aliphatic carbocycles. The number of amides is 1. The van der Waals surface area contributed by atoms with Crippen LogP contribution in [0.5, 0.6) is 0 Å². The molecule has 0 radical (unpaired) electrons. The van der Waals surface area contributed by atoms with E-state index in [4.69, 9.17) is 34.8 Å². The highest BCUT2D eigenvalue weighted by molar-refractivity contribution is 7.89. The first kappa shape index (κ1) is 24.2. The zero-order chi connectivity index (χ0) is 24.6. The molecule has 11 heteroatoms. The van der Waals surface area contributed by atoms with Crippen LogP contribution in [0.15, 0.2) is 54.6 Å². The lowest BCUT2D eigenvalue weighted by molar-refractivity contribution is 0.0978. The van der Waals surface area contributed by atoms with Crippen LogP contribution in [-0.4, -0.2) is 30.4 Å². The van der Waals surface area contributed by atoms with Crippen LogP contribution in [0.2, 0.25) is 15.1 Å². The number of hydrogen-bond donors (Lipinski definition) is 1. The smallest absolute Gasteiger partial charge is 0.267 e. The number of aromatic nitrogens is 2. The van der Waals surface area contributed by atoms with E-state index in [1.807, 2.05) is 18.2 Å². The molecule has 0 bridgehead atoms. The lowest BCUT2D eigenvalue weighted by atomic mass is 10.1. The monoisotopic (exact) mass is 537 g/mol. The summed E-state index contributed by atoms with van der Waals surface area (Å²) in [6.07, 6.45) is 4.32. The Bertz CT molecular complexity index is 1580. The summed E-state index contributed by atoms with van der Waals surface area (Å²) in [4.78, 5) is 12.1. The molecule has 0 spiro atoms. The maximum atomic E-state index is 14.8. The molecular weight excluding hydrogens is 524 g/mol. The fraction of sp³-hybridized carbons (Fsp3) is 0.0435. The van der Waals surface area contributed by atoms with E-state index in [0.29, 0.717) is 26.6 Å². The van der Waals surface area contributed by atoms with Crippen molar-refractivity contribution in [2.24, 2.45) is 0 Å². The predicted molar refractivity (Wildman–Crippen MR) is 134 cm³/mol. The van der Waals surface area contributed by atoms with E-state index in [-0.39, 0.29) is 10.7 Å². The molecule has 4 rings (SSSR count). The van der Waals surface area contributed by atoms with Crippen LogP contribution in [-0.2, 0) is 10.0 Å². The summed E-state index contributed by atoms with van der Waals surface area (Å²) in [7, 11) is -3.88. The molecule has 0 unspecified atom stereocenters. The average Bonchev–Trinajstić information content (AvgIpc) is 3.10. The van der Waals surface area contributed by atoms with E-state index >= 15 is 0 Å². The molecule has 6 nitrogen and oxygen atoms in total. The average molecular weight is 539 g/mol. The van der Waals surface area contributed by atoms with Crippen molar-refractivity contribution in [2.75, 3.05) is 6.26 Å². The first-order chi connectivity index (χ1) is 16.0. The second-order valence-electron chi connectivity index (χ2n) is 7.30. The highest BCUT2D eigenvalue weighted by atomic mass is 35.5. The van der Waals surface area contributed by atoms with Crippen molar-refractivity contribution < 1.29 is 17.6 Å². The van der Waals surface area contributed by atoms with Gasteiger partial charge in [-0.1, -0.05) is 59.1 Å². The van der Waals surface area contributed by atoms with Crippen molar-refractivity contribution in [3.05, 3.63) is 92.3 Å². The second-order valence-corrected chi connectivity index (χ2v) is 10.3. The number of carbonyl (C=O) groups excluding carboxylic acids is 1. The van der Waals surface area contributed by atoms with E-state index in [1.54, 1.807) is 41.1 Å². The van der Waals surface area contributed by atoms with Gasteiger partial charge in [-0.15, -0.1) is 0 Å². The fourth-order valence-electron chi connectivity index (χ4n) is 3.30. The molecule has 3 aromatic carbocycles. The Labute approximate surface area is 209 Å². The molecule has 34 heavy (non-hydrogen) atoms. The van der Waals surface area contributed by atoms with Gasteiger partial charge < -0.3 is 0 Å². The Morgan fingerprint density at radius 3 is 2.47 bits per heavy atom. The molecule has 0 saturated carbocycles. The molecule has 1 N–H and O–H groups in total. The largest absolute Gasteiger partial charge is 0.268 e. The molecule has 0 saturated heterocycles. The number of nitrogens with one attached hydrogen (secondary N) is 1. The number of hydrogen-bond acceptors (Lipinski definition) is 4. The van der Waals surface area contributed by atoms with Crippen LogP contribution in [0.3, 0.4) is 0 Å². The standard InChI is InChI=1S/C23H15Cl3FN3O3S/c1-34(32,33)29-23(31)15-11-18(26)22(12-19(15)27)30-21-9-7-14(24)10-16(21)20(28-30)8-6-13-4-2-3-5-17(13)25/h2-12H,1H3,(H,29,31). The molecular formula is C23H15Cl3FN3O3S. The van der Waals surface area contributed by atoms with Crippen LogP contribution in [0.4, 0.5) is 4.39 Å². The van der Waals surface area contributed by atoms with Crippen LogP contribution >= 0.6 is 34.8 Å². The van der Waals surface area contributed by atoms with Crippen molar-refractivity contribution >= 4 is 73.8 Å². The minimum absolute atomic E-state index is 0.0129. The van der Waals surface area contributed by atoms with Crippen molar-refractivity contribution in [1.29, 1.82) is 0 Å². The normalized spacial score (nSPS) is 11.9. The van der Waals surface area contributed by atoms with Crippen molar-refractivity contribution in [3.8, 4) is 5.69 Å². The van der Waals surface area contributed by atoms with Crippen LogP contribution in [0, 0.1) is 5.82 Å². The van der Waals surface area contributed by atoms with Gasteiger partial charge in [0.05, 0.1) is 33.7 Å². The number of benzene rings is 3. The maximum absolute atomic E-state index is 14.8. The fourth-order valence-corrected chi connectivity index (χ4v) is 4.36. The van der Waals surface area contributed by atoms with Crippen LogP contribution in [0.1, 0.15) is 21.6 Å². The summed E-state index contributed by atoms with van der Waals surface area (Å²) in [5.41, 5.74) is 1.52. The minimum Gasteiger partial charge on any atom is -0.268 e. The third kappa shape index (κ3) is 5.10.